The van der Waals surface area contributed by atoms with E-state index in [1.54, 1.807) is 6.92 Å². The number of unbranched alkanes of at least 4 members (excludes halogenated alkanes) is 1. The van der Waals surface area contributed by atoms with Crippen molar-refractivity contribution in [1.82, 2.24) is 79.3 Å². The zero-order chi connectivity index (χ0) is 75.6. The summed E-state index contributed by atoms with van der Waals surface area (Å²) in [5.41, 5.74) is 56.7. The molecule has 1 saturated heterocycles. The second-order valence-electron chi connectivity index (χ2n) is 27.3. The highest BCUT2D eigenvalue weighted by atomic mass is 16.3. The number of hydrogen-bond donors (Lipinski definition) is 28. The maximum atomic E-state index is 10.7. The molecule has 0 unspecified atom stereocenters. The van der Waals surface area contributed by atoms with Crippen LogP contribution in [0.3, 0.4) is 0 Å². The van der Waals surface area contributed by atoms with E-state index in [-0.39, 0.29) is 98.0 Å². The largest absolute Gasteiger partial charge is 0.395 e. The molecular weight excluding hydrogens is 1320 g/mol. The molecule has 103 heavy (non-hydrogen) atoms. The van der Waals surface area contributed by atoms with Gasteiger partial charge in [0.1, 0.15) is 0 Å². The molecule has 1 aliphatic rings. The van der Waals surface area contributed by atoms with Gasteiger partial charge in [-0.25, -0.2) is 0 Å². The summed E-state index contributed by atoms with van der Waals surface area (Å²) >= 11 is 0. The van der Waals surface area contributed by atoms with Gasteiger partial charge in [-0.3, -0.25) is 39.8 Å². The maximum Gasteiger partial charge on any atom is 0.185 e. The third-order valence-corrected chi connectivity index (χ3v) is 17.5. The van der Waals surface area contributed by atoms with Gasteiger partial charge >= 0.3 is 0 Å². The Bertz CT molecular complexity index is 2140. The lowest BCUT2D eigenvalue weighted by Crippen LogP contribution is -2.54. The summed E-state index contributed by atoms with van der Waals surface area (Å²) in [7, 11) is 0. The molecule has 11 atom stereocenters. The van der Waals surface area contributed by atoms with Crippen molar-refractivity contribution in [3.05, 3.63) is 0 Å². The standard InChI is InChI=1S/C67H152N32O4/c1-52(2)37-58(94-44-60(49-101)96-42-57(14-9-21-91-67(76)77)98-46-62-15-10-35-99(62)36-34-85-47-63(69)53(3)103)43-93-55(12-7-19-89-65(72)73)40-92-56(13-8-20-90-66(74)75)41-95-61(50-102)45-97-59(48-100)39-84-31-29-81-25-24-79-26-27-82-32-33-87-54(11-6-18-88-64(70)71)38-83-30-28-80-23-22-78-16-4-5-17-86-51-68/h23,30,34,52-63,78-79,81-82,84,86-87,92-98,100-103H,4-22,24-29,31-33,35-51,68-69H2,1-3H3,(H4,70,71,88)(H4,72,73,89)(H4,74,75,90)(H4,76,77,91)/t53-,54+,55+,56+,57+,58+,59-,60-,61-,62+,63-/m1/s1. The van der Waals surface area contributed by atoms with Gasteiger partial charge < -0.3 is 152 Å². The van der Waals surface area contributed by atoms with E-state index in [0.29, 0.717) is 110 Å². The highest BCUT2D eigenvalue weighted by Crippen LogP contribution is 2.16. The zero-order valence-electron chi connectivity index (χ0n) is 63.6. The van der Waals surface area contributed by atoms with Crippen LogP contribution in [0.1, 0.15) is 104 Å². The molecule has 1 fully saturated rings. The van der Waals surface area contributed by atoms with Crippen molar-refractivity contribution >= 4 is 42.5 Å². The normalized spacial score (nSPS) is 16.7. The van der Waals surface area contributed by atoms with Gasteiger partial charge in [0, 0.05) is 230 Å². The van der Waals surface area contributed by atoms with Crippen molar-refractivity contribution in [3.8, 4) is 0 Å². The molecule has 604 valence electrons. The number of aliphatic hydroxyl groups excluding tert-OH is 4. The molecule has 1 aliphatic heterocycles. The minimum absolute atomic E-state index is 0.00804. The van der Waals surface area contributed by atoms with E-state index in [2.05, 4.69) is 128 Å². The van der Waals surface area contributed by atoms with Crippen LogP contribution in [-0.2, 0) is 0 Å². The molecular formula is C67H152N32O4. The average Bonchev–Trinajstić information content (AvgIpc) is 1.79. The van der Waals surface area contributed by atoms with Gasteiger partial charge in [0.15, 0.2) is 23.8 Å². The van der Waals surface area contributed by atoms with Gasteiger partial charge in [-0.15, -0.1) is 0 Å². The lowest BCUT2D eigenvalue weighted by Gasteiger charge is -2.30. The predicted molar refractivity (Wildman–Crippen MR) is 430 cm³/mol. The van der Waals surface area contributed by atoms with Crippen molar-refractivity contribution in [1.29, 1.82) is 0 Å². The Morgan fingerprint density at radius 1 is 0.447 bits per heavy atom. The fourth-order valence-electron chi connectivity index (χ4n) is 11.5. The second-order valence-corrected chi connectivity index (χ2v) is 27.3. The Labute approximate surface area is 618 Å². The van der Waals surface area contributed by atoms with Gasteiger partial charge in [-0.05, 0) is 116 Å². The van der Waals surface area contributed by atoms with E-state index >= 15 is 0 Å². The lowest BCUT2D eigenvalue weighted by molar-refractivity contribution is 0.166. The van der Waals surface area contributed by atoms with E-state index in [0.717, 1.165) is 175 Å². The highest BCUT2D eigenvalue weighted by molar-refractivity contribution is 5.76. The van der Waals surface area contributed by atoms with Gasteiger partial charge in [-0.1, -0.05) is 13.8 Å². The molecule has 0 aromatic carbocycles. The summed E-state index contributed by atoms with van der Waals surface area (Å²) in [4.78, 5) is 32.8. The first-order chi connectivity index (χ1) is 49.9. The number of nitrogens with zero attached hydrogens (tertiary/aromatic N) is 8. The Balaban J connectivity index is 2.72. The van der Waals surface area contributed by atoms with Crippen LogP contribution in [0.4, 0.5) is 0 Å². The Hall–Kier alpha value is -4.75. The molecule has 1 rings (SSSR count). The third kappa shape index (κ3) is 60.0. The lowest BCUT2D eigenvalue weighted by atomic mass is 10.0. The van der Waals surface area contributed by atoms with Crippen molar-refractivity contribution < 1.29 is 20.4 Å². The first-order valence-electron chi connectivity index (χ1n) is 38.4. The highest BCUT2D eigenvalue weighted by Gasteiger charge is 2.26. The fourth-order valence-corrected chi connectivity index (χ4v) is 11.5. The molecule has 0 saturated carbocycles. The number of guanidine groups is 4. The van der Waals surface area contributed by atoms with Crippen LogP contribution in [-0.4, -0.2) is 344 Å². The fraction of sp³-hybridized carbons (Fsp3) is 0.896. The van der Waals surface area contributed by atoms with E-state index in [4.69, 9.17) is 57.3 Å². The Morgan fingerprint density at radius 2 is 0.874 bits per heavy atom. The third-order valence-electron chi connectivity index (χ3n) is 17.5. The number of aliphatic imine (C=N–C) groups is 7. The summed E-state index contributed by atoms with van der Waals surface area (Å²) in [6.45, 7) is 26.0. The van der Waals surface area contributed by atoms with Crippen LogP contribution in [0, 0.1) is 5.92 Å². The monoisotopic (exact) mass is 1470 g/mol. The van der Waals surface area contributed by atoms with E-state index in [1.165, 1.54) is 0 Å². The molecule has 1 heterocycles. The molecule has 0 aliphatic carbocycles. The Kier molecular flexibility index (Phi) is 63.4. The summed E-state index contributed by atoms with van der Waals surface area (Å²) in [6, 6.07) is -0.205. The number of hydrogen-bond acceptors (Lipinski definition) is 28. The summed E-state index contributed by atoms with van der Waals surface area (Å²) in [6.07, 6.45) is 16.9. The molecule has 0 radical (unpaired) electrons. The van der Waals surface area contributed by atoms with Crippen molar-refractivity contribution in [3.63, 3.8) is 0 Å². The minimum atomic E-state index is -0.607. The topological polar surface area (TPSA) is 599 Å². The molecule has 38 N–H and O–H groups in total. The number of nitrogens with two attached hydrogens (primary N) is 10. The first kappa shape index (κ1) is 96.3. The van der Waals surface area contributed by atoms with Gasteiger partial charge in [-0.2, -0.15) is 0 Å². The molecule has 0 amide bonds. The second kappa shape index (κ2) is 67.8. The number of likely N-dealkylation sites (tertiary alicyclic amines) is 1. The van der Waals surface area contributed by atoms with Crippen molar-refractivity contribution in [2.75, 3.05) is 210 Å². The smallest absolute Gasteiger partial charge is 0.185 e. The van der Waals surface area contributed by atoms with Crippen molar-refractivity contribution in [2.24, 2.45) is 98.2 Å². The average molecular weight is 1470 g/mol. The van der Waals surface area contributed by atoms with Gasteiger partial charge in [0.25, 0.3) is 0 Å². The Morgan fingerprint density at radius 3 is 1.36 bits per heavy atom. The van der Waals surface area contributed by atoms with Crippen LogP contribution in [0.25, 0.3) is 0 Å². The van der Waals surface area contributed by atoms with Crippen LogP contribution < -0.4 is 132 Å². The summed E-state index contributed by atoms with van der Waals surface area (Å²) < 4.78 is 0. The number of nitrogens with one attached hydrogen (secondary N) is 14. The number of rotatable bonds is 74. The summed E-state index contributed by atoms with van der Waals surface area (Å²) in [5.74, 6) is 0.719. The number of aliphatic hydroxyl groups is 4. The minimum Gasteiger partial charge on any atom is -0.395 e. The predicted octanol–water partition coefficient (Wildman–Crippen LogP) is -8.49. The maximum absolute atomic E-state index is 10.7. The quantitative estimate of drug-likeness (QED) is 0.0116. The molecule has 36 nitrogen and oxygen atoms in total. The molecule has 36 heteroatoms. The van der Waals surface area contributed by atoms with Gasteiger partial charge in [0.2, 0.25) is 0 Å². The first-order valence-corrected chi connectivity index (χ1v) is 38.4. The van der Waals surface area contributed by atoms with Crippen LogP contribution in [0.15, 0.2) is 34.9 Å². The summed E-state index contributed by atoms with van der Waals surface area (Å²) in [5, 5.41) is 91.3. The van der Waals surface area contributed by atoms with Crippen LogP contribution in [0.2, 0.25) is 0 Å². The van der Waals surface area contributed by atoms with Gasteiger partial charge in [0.05, 0.1) is 45.6 Å². The van der Waals surface area contributed by atoms with E-state index < -0.39 is 6.10 Å². The van der Waals surface area contributed by atoms with E-state index in [1.807, 2.05) is 18.6 Å². The molecule has 0 bridgehead atoms. The van der Waals surface area contributed by atoms with Crippen molar-refractivity contribution in [2.45, 2.75) is 171 Å². The van der Waals surface area contributed by atoms with Crippen LogP contribution in [0.5, 0.6) is 0 Å². The SMILES string of the molecule is CC(C)C[C@@H](CN[C@@H](CCCN=C(N)N)CN[C@@H](CCCN=C(N)N)CN[C@@H](CO)CN[C@@H](CO)CNCCNCCNCCNCCN[C@@H](CCCN=C(N)N)CN=CCN=CCNCCCCNCN)NC[C@H](CO)NC[C@H](CCCN=C(N)N)NC[C@@H]1CCCN1CC=NC[C@@H](N)[C@@H](C)O. The van der Waals surface area contributed by atoms with Crippen LogP contribution >= 0.6 is 0 Å². The zero-order valence-corrected chi connectivity index (χ0v) is 63.6. The molecule has 0 aromatic heterocycles. The molecule has 0 spiro atoms. The van der Waals surface area contributed by atoms with E-state index in [9.17, 15) is 20.4 Å². The molecule has 0 aromatic rings.